The number of carboxylic acids is 1. The van der Waals surface area contributed by atoms with E-state index < -0.39 is 22.8 Å². The Morgan fingerprint density at radius 2 is 2.16 bits per heavy atom. The zero-order chi connectivity index (χ0) is 14.6. The van der Waals surface area contributed by atoms with Gasteiger partial charge in [-0.2, -0.15) is 0 Å². The Bertz CT molecular complexity index is 532. The van der Waals surface area contributed by atoms with Gasteiger partial charge >= 0.3 is 5.97 Å². The molecule has 19 heavy (non-hydrogen) atoms. The number of carbonyl (C=O) groups excluding carboxylic acids is 1. The smallest absolute Gasteiger partial charge is 0.326 e. The van der Waals surface area contributed by atoms with Crippen molar-refractivity contribution in [1.29, 1.82) is 0 Å². The molecule has 1 atom stereocenters. The van der Waals surface area contributed by atoms with Crippen molar-refractivity contribution in [1.82, 2.24) is 5.32 Å². The second-order valence-corrected chi connectivity index (χ2v) is 4.10. The largest absolute Gasteiger partial charge is 0.480 e. The summed E-state index contributed by atoms with van der Waals surface area (Å²) < 4.78 is 0. The number of hydrogen-bond donors (Lipinski definition) is 2. The fraction of sp³-hybridized carbons (Fsp3) is 0.273. The number of amides is 1. The van der Waals surface area contributed by atoms with Gasteiger partial charge in [-0.3, -0.25) is 14.9 Å². The number of halogens is 1. The number of nitrogens with one attached hydrogen (secondary N) is 1. The van der Waals surface area contributed by atoms with E-state index >= 15 is 0 Å². The number of nitrogens with zero attached hydrogens (tertiary/aromatic N) is 1. The van der Waals surface area contributed by atoms with Crippen LogP contribution in [0.3, 0.4) is 0 Å². The fourth-order valence-corrected chi connectivity index (χ4v) is 1.64. The van der Waals surface area contributed by atoms with Gasteiger partial charge in [-0.15, -0.1) is 0 Å². The van der Waals surface area contributed by atoms with E-state index in [9.17, 15) is 19.7 Å². The minimum Gasteiger partial charge on any atom is -0.480 e. The van der Waals surface area contributed by atoms with Crippen LogP contribution in [-0.2, 0) is 4.79 Å². The van der Waals surface area contributed by atoms with Gasteiger partial charge in [-0.05, 0) is 12.5 Å². The Balaban J connectivity index is 2.94. The van der Waals surface area contributed by atoms with Crippen molar-refractivity contribution in [3.05, 3.63) is 38.9 Å². The van der Waals surface area contributed by atoms with Gasteiger partial charge < -0.3 is 10.4 Å². The molecule has 1 amide bonds. The van der Waals surface area contributed by atoms with Crippen molar-refractivity contribution in [3.63, 3.8) is 0 Å². The summed E-state index contributed by atoms with van der Waals surface area (Å²) in [6, 6.07) is 2.32. The zero-order valence-corrected chi connectivity index (χ0v) is 10.7. The van der Waals surface area contributed by atoms with Crippen LogP contribution >= 0.6 is 11.6 Å². The van der Waals surface area contributed by atoms with E-state index in [1.807, 2.05) is 0 Å². The van der Waals surface area contributed by atoms with Crippen LogP contribution in [0.5, 0.6) is 0 Å². The van der Waals surface area contributed by atoms with Crippen LogP contribution in [0.4, 0.5) is 5.69 Å². The van der Waals surface area contributed by atoms with Crippen molar-refractivity contribution in [2.45, 2.75) is 19.4 Å². The van der Waals surface area contributed by atoms with Crippen LogP contribution in [0.25, 0.3) is 0 Å². The molecule has 1 rings (SSSR count). The van der Waals surface area contributed by atoms with Gasteiger partial charge in [0.1, 0.15) is 6.04 Å². The average molecular weight is 287 g/mol. The molecule has 7 nitrogen and oxygen atoms in total. The maximum absolute atomic E-state index is 11.8. The molecule has 0 aliphatic heterocycles. The number of benzene rings is 1. The zero-order valence-electron chi connectivity index (χ0n) is 9.92. The molecule has 2 N–H and O–H groups in total. The Morgan fingerprint density at radius 1 is 1.53 bits per heavy atom. The molecule has 0 aliphatic rings. The van der Waals surface area contributed by atoms with Crippen molar-refractivity contribution in [2.75, 3.05) is 0 Å². The lowest BCUT2D eigenvalue weighted by atomic mass is 10.1. The standard InChI is InChI=1S/C11H11ClN2O5/c1-2-9(11(16)17)13-10(15)7-4-3-6(14(18)19)5-8(7)12/h3-5,9H,2H2,1H3,(H,13,15)(H,16,17)/t9-/m0/s1. The normalized spacial score (nSPS) is 11.7. The second kappa shape index (κ2) is 6.14. The lowest BCUT2D eigenvalue weighted by molar-refractivity contribution is -0.384. The molecule has 0 saturated carbocycles. The minimum atomic E-state index is -1.16. The van der Waals surface area contributed by atoms with Crippen LogP contribution in [0.2, 0.25) is 5.02 Å². The maximum Gasteiger partial charge on any atom is 0.326 e. The van der Waals surface area contributed by atoms with Crippen LogP contribution in [0, 0.1) is 10.1 Å². The summed E-state index contributed by atoms with van der Waals surface area (Å²) >= 11 is 5.76. The highest BCUT2D eigenvalue weighted by Gasteiger charge is 2.21. The molecule has 0 heterocycles. The molecule has 1 aromatic rings. The third kappa shape index (κ3) is 3.65. The molecule has 0 spiro atoms. The summed E-state index contributed by atoms with van der Waals surface area (Å²) in [5.41, 5.74) is -0.251. The Kier molecular flexibility index (Phi) is 4.82. The molecular weight excluding hydrogens is 276 g/mol. The highest BCUT2D eigenvalue weighted by atomic mass is 35.5. The average Bonchev–Trinajstić information content (AvgIpc) is 2.34. The van der Waals surface area contributed by atoms with Gasteiger partial charge in [0.25, 0.3) is 11.6 Å². The number of aliphatic carboxylic acids is 1. The Labute approximate surface area is 113 Å². The number of carboxylic acid groups (broad SMARTS) is 1. The van der Waals surface area contributed by atoms with Gasteiger partial charge in [0.2, 0.25) is 0 Å². The van der Waals surface area contributed by atoms with Crippen molar-refractivity contribution >= 4 is 29.2 Å². The Hall–Kier alpha value is -2.15. The minimum absolute atomic E-state index is 0.00744. The van der Waals surface area contributed by atoms with E-state index in [2.05, 4.69) is 5.32 Å². The highest BCUT2D eigenvalue weighted by Crippen LogP contribution is 2.22. The van der Waals surface area contributed by atoms with Crippen molar-refractivity contribution < 1.29 is 19.6 Å². The van der Waals surface area contributed by atoms with E-state index in [-0.39, 0.29) is 22.7 Å². The quantitative estimate of drug-likeness (QED) is 0.634. The van der Waals surface area contributed by atoms with Gasteiger partial charge in [-0.1, -0.05) is 18.5 Å². The summed E-state index contributed by atoms with van der Waals surface area (Å²) in [7, 11) is 0. The number of rotatable bonds is 5. The van der Waals surface area contributed by atoms with Crippen molar-refractivity contribution in [2.24, 2.45) is 0 Å². The van der Waals surface area contributed by atoms with Gasteiger partial charge in [0.05, 0.1) is 15.5 Å². The molecule has 0 radical (unpaired) electrons. The highest BCUT2D eigenvalue weighted by molar-refractivity contribution is 6.34. The number of nitro benzene ring substituents is 1. The molecular formula is C11H11ClN2O5. The lowest BCUT2D eigenvalue weighted by Gasteiger charge is -2.12. The molecule has 0 unspecified atom stereocenters. The summed E-state index contributed by atoms with van der Waals surface area (Å²) in [6.07, 6.45) is 0.214. The van der Waals surface area contributed by atoms with E-state index in [1.54, 1.807) is 6.92 Å². The first-order valence-electron chi connectivity index (χ1n) is 5.34. The molecule has 102 valence electrons. The molecule has 0 aromatic heterocycles. The SMILES string of the molecule is CC[C@H](NC(=O)c1ccc([N+](=O)[O-])cc1Cl)C(=O)O. The first-order valence-corrected chi connectivity index (χ1v) is 5.72. The van der Waals surface area contributed by atoms with Crippen LogP contribution in [-0.4, -0.2) is 27.9 Å². The summed E-state index contributed by atoms with van der Waals surface area (Å²) in [4.78, 5) is 32.5. The second-order valence-electron chi connectivity index (χ2n) is 3.69. The lowest BCUT2D eigenvalue weighted by Crippen LogP contribution is -2.40. The monoisotopic (exact) mass is 286 g/mol. The molecule has 0 aliphatic carbocycles. The van der Waals surface area contributed by atoms with Crippen LogP contribution < -0.4 is 5.32 Å². The summed E-state index contributed by atoms with van der Waals surface area (Å²) in [5.74, 6) is -1.84. The third-order valence-corrected chi connectivity index (χ3v) is 2.73. The topological polar surface area (TPSA) is 110 Å². The van der Waals surface area contributed by atoms with Crippen LogP contribution in [0.15, 0.2) is 18.2 Å². The molecule has 0 fully saturated rings. The van der Waals surface area contributed by atoms with E-state index in [0.29, 0.717) is 0 Å². The molecule has 1 aromatic carbocycles. The van der Waals surface area contributed by atoms with E-state index in [0.717, 1.165) is 12.1 Å². The summed E-state index contributed by atoms with van der Waals surface area (Å²) in [5, 5.41) is 21.5. The van der Waals surface area contributed by atoms with Gasteiger partial charge in [0.15, 0.2) is 0 Å². The maximum atomic E-state index is 11.8. The summed E-state index contributed by atoms with van der Waals surface area (Å²) in [6.45, 7) is 1.61. The first-order chi connectivity index (χ1) is 8.86. The predicted molar refractivity (Wildman–Crippen MR) is 67.3 cm³/mol. The number of hydrogen-bond acceptors (Lipinski definition) is 4. The van der Waals surface area contributed by atoms with Gasteiger partial charge in [-0.25, -0.2) is 4.79 Å². The first kappa shape index (κ1) is 14.9. The predicted octanol–water partition coefficient (Wildman–Crippen LogP) is 1.84. The molecule has 0 saturated heterocycles. The molecule has 0 bridgehead atoms. The van der Waals surface area contributed by atoms with E-state index in [1.165, 1.54) is 6.07 Å². The Morgan fingerprint density at radius 3 is 2.58 bits per heavy atom. The number of non-ortho nitro benzene ring substituents is 1. The number of nitro groups is 1. The third-order valence-electron chi connectivity index (χ3n) is 2.42. The fourth-order valence-electron chi connectivity index (χ4n) is 1.38. The van der Waals surface area contributed by atoms with E-state index in [4.69, 9.17) is 16.7 Å². The van der Waals surface area contributed by atoms with Gasteiger partial charge in [0, 0.05) is 12.1 Å². The van der Waals surface area contributed by atoms with Crippen LogP contribution in [0.1, 0.15) is 23.7 Å². The van der Waals surface area contributed by atoms with Crippen molar-refractivity contribution in [3.8, 4) is 0 Å². The number of carbonyl (C=O) groups is 2. The molecule has 8 heteroatoms.